The highest BCUT2D eigenvalue weighted by Crippen LogP contribution is 2.27. The van der Waals surface area contributed by atoms with Crippen molar-refractivity contribution in [3.05, 3.63) is 40.6 Å². The molecule has 0 saturated carbocycles. The molecule has 0 saturated heterocycles. The number of benzene rings is 1. The Morgan fingerprint density at radius 3 is 2.23 bits per heavy atom. The van der Waals surface area contributed by atoms with Gasteiger partial charge in [-0.3, -0.25) is 14.8 Å². The number of para-hydroxylation sites is 1. The van der Waals surface area contributed by atoms with E-state index in [-0.39, 0.29) is 10.6 Å². The minimum atomic E-state index is -0.382. The third kappa shape index (κ3) is 6.78. The standard InChI is InChI=1S/C19H28N4O2S/c24-23(25)19-13-9-8-12-17(19)18-16-22(21-20-18)14-10-6-4-2-1-3-5-7-11-15-26/h8-9,12-13,16,26H,1-7,10-11,14-15H2. The predicted octanol–water partition coefficient (Wildman–Crippen LogP) is 5.29. The van der Waals surface area contributed by atoms with Crippen molar-refractivity contribution in [1.29, 1.82) is 0 Å². The average Bonchev–Trinajstić information content (AvgIpc) is 3.12. The minimum absolute atomic E-state index is 0.0638. The Morgan fingerprint density at radius 2 is 1.58 bits per heavy atom. The second-order valence-electron chi connectivity index (χ2n) is 6.55. The zero-order valence-electron chi connectivity index (χ0n) is 15.2. The lowest BCUT2D eigenvalue weighted by Gasteiger charge is -2.02. The van der Waals surface area contributed by atoms with Crippen molar-refractivity contribution in [3.8, 4) is 11.3 Å². The van der Waals surface area contributed by atoms with E-state index < -0.39 is 0 Å². The Bertz CT molecular complexity index is 675. The normalized spacial score (nSPS) is 11.0. The largest absolute Gasteiger partial charge is 0.278 e. The number of hydrogen-bond donors (Lipinski definition) is 1. The van der Waals surface area contributed by atoms with Gasteiger partial charge in [-0.25, -0.2) is 0 Å². The van der Waals surface area contributed by atoms with E-state index in [4.69, 9.17) is 0 Å². The molecule has 2 rings (SSSR count). The molecule has 2 aromatic rings. The predicted molar refractivity (Wildman–Crippen MR) is 108 cm³/mol. The number of rotatable bonds is 13. The number of nitro benzene ring substituents is 1. The van der Waals surface area contributed by atoms with Crippen LogP contribution in [0, 0.1) is 10.1 Å². The first-order valence-corrected chi connectivity index (χ1v) is 10.1. The Kier molecular flexibility index (Phi) is 9.17. The van der Waals surface area contributed by atoms with E-state index in [9.17, 15) is 10.1 Å². The molecule has 0 bridgehead atoms. The lowest BCUT2D eigenvalue weighted by Crippen LogP contribution is -1.98. The second-order valence-corrected chi connectivity index (χ2v) is 6.99. The number of hydrogen-bond acceptors (Lipinski definition) is 5. The Labute approximate surface area is 160 Å². The van der Waals surface area contributed by atoms with Crippen LogP contribution in [0.5, 0.6) is 0 Å². The SMILES string of the molecule is O=[N+]([O-])c1ccccc1-c1cn(CCCCCCCCCCCS)nn1. The van der Waals surface area contributed by atoms with Gasteiger partial charge in [0.1, 0.15) is 5.69 Å². The van der Waals surface area contributed by atoms with Gasteiger partial charge in [0, 0.05) is 12.6 Å². The molecule has 0 aliphatic heterocycles. The van der Waals surface area contributed by atoms with Crippen molar-refractivity contribution in [2.75, 3.05) is 5.75 Å². The van der Waals surface area contributed by atoms with Crippen molar-refractivity contribution >= 4 is 18.3 Å². The van der Waals surface area contributed by atoms with E-state index >= 15 is 0 Å². The maximum Gasteiger partial charge on any atom is 0.278 e. The van der Waals surface area contributed by atoms with Gasteiger partial charge in [0.25, 0.3) is 5.69 Å². The highest BCUT2D eigenvalue weighted by molar-refractivity contribution is 7.80. The lowest BCUT2D eigenvalue weighted by molar-refractivity contribution is -0.384. The van der Waals surface area contributed by atoms with Gasteiger partial charge in [-0.05, 0) is 24.7 Å². The first kappa shape index (κ1) is 20.4. The van der Waals surface area contributed by atoms with Crippen LogP contribution >= 0.6 is 12.6 Å². The van der Waals surface area contributed by atoms with Crippen LogP contribution in [-0.4, -0.2) is 25.7 Å². The summed E-state index contributed by atoms with van der Waals surface area (Å²) in [5, 5.41) is 19.3. The molecule has 7 heteroatoms. The summed E-state index contributed by atoms with van der Waals surface area (Å²) in [6.07, 6.45) is 13.1. The zero-order valence-corrected chi connectivity index (χ0v) is 16.1. The molecule has 0 unspecified atom stereocenters. The van der Waals surface area contributed by atoms with Crippen molar-refractivity contribution in [2.24, 2.45) is 0 Å². The molecule has 1 aromatic carbocycles. The van der Waals surface area contributed by atoms with Crippen LogP contribution in [-0.2, 0) is 6.54 Å². The Morgan fingerprint density at radius 1 is 0.962 bits per heavy atom. The van der Waals surface area contributed by atoms with Crippen LogP contribution in [0.2, 0.25) is 0 Å². The molecule has 0 aliphatic carbocycles. The van der Waals surface area contributed by atoms with Crippen LogP contribution in [0.25, 0.3) is 11.3 Å². The number of nitro groups is 1. The smallest absolute Gasteiger partial charge is 0.258 e. The molecule has 0 N–H and O–H groups in total. The van der Waals surface area contributed by atoms with Gasteiger partial charge < -0.3 is 0 Å². The summed E-state index contributed by atoms with van der Waals surface area (Å²) in [4.78, 5) is 10.7. The Hall–Kier alpha value is -1.89. The summed E-state index contributed by atoms with van der Waals surface area (Å²) in [6, 6.07) is 6.64. The van der Waals surface area contributed by atoms with E-state index in [0.717, 1.165) is 18.7 Å². The highest BCUT2D eigenvalue weighted by Gasteiger charge is 2.16. The third-order valence-corrected chi connectivity index (χ3v) is 4.78. The van der Waals surface area contributed by atoms with E-state index in [1.54, 1.807) is 29.1 Å². The van der Waals surface area contributed by atoms with Gasteiger partial charge in [0.15, 0.2) is 0 Å². The summed E-state index contributed by atoms with van der Waals surface area (Å²) in [5.41, 5.74) is 1.13. The number of nitrogens with zero attached hydrogens (tertiary/aromatic N) is 4. The fourth-order valence-corrected chi connectivity index (χ4v) is 3.23. The fraction of sp³-hybridized carbons (Fsp3) is 0.579. The van der Waals surface area contributed by atoms with Crippen molar-refractivity contribution < 1.29 is 4.92 Å². The summed E-state index contributed by atoms with van der Waals surface area (Å²) in [7, 11) is 0. The molecular weight excluding hydrogens is 348 g/mol. The van der Waals surface area contributed by atoms with Gasteiger partial charge in [0.2, 0.25) is 0 Å². The van der Waals surface area contributed by atoms with Gasteiger partial charge in [-0.15, -0.1) is 5.10 Å². The maximum atomic E-state index is 11.1. The zero-order chi connectivity index (χ0) is 18.6. The molecule has 0 radical (unpaired) electrons. The van der Waals surface area contributed by atoms with Crippen molar-refractivity contribution in [3.63, 3.8) is 0 Å². The van der Waals surface area contributed by atoms with E-state index in [1.807, 2.05) is 0 Å². The monoisotopic (exact) mass is 376 g/mol. The molecule has 0 amide bonds. The topological polar surface area (TPSA) is 73.8 Å². The molecular formula is C19H28N4O2S. The number of aryl methyl sites for hydroxylation is 1. The van der Waals surface area contributed by atoms with Crippen LogP contribution < -0.4 is 0 Å². The molecule has 0 fully saturated rings. The third-order valence-electron chi connectivity index (χ3n) is 4.46. The first-order valence-electron chi connectivity index (χ1n) is 9.47. The van der Waals surface area contributed by atoms with Crippen molar-refractivity contribution in [2.45, 2.75) is 64.3 Å². The quantitative estimate of drug-likeness (QED) is 0.223. The average molecular weight is 377 g/mol. The Balaban J connectivity index is 1.67. The maximum absolute atomic E-state index is 11.1. The van der Waals surface area contributed by atoms with Crippen LogP contribution in [0.1, 0.15) is 57.8 Å². The van der Waals surface area contributed by atoms with Crippen LogP contribution in [0.3, 0.4) is 0 Å². The molecule has 26 heavy (non-hydrogen) atoms. The molecule has 0 spiro atoms. The molecule has 6 nitrogen and oxygen atoms in total. The number of unbranched alkanes of at least 4 members (excludes halogenated alkanes) is 8. The van der Waals surface area contributed by atoms with E-state index in [0.29, 0.717) is 11.3 Å². The summed E-state index contributed by atoms with van der Waals surface area (Å²) in [6.45, 7) is 0.801. The molecule has 1 aromatic heterocycles. The summed E-state index contributed by atoms with van der Waals surface area (Å²) in [5.74, 6) is 1.00. The van der Waals surface area contributed by atoms with Gasteiger partial charge in [-0.1, -0.05) is 62.3 Å². The first-order chi connectivity index (χ1) is 12.7. The van der Waals surface area contributed by atoms with Gasteiger partial charge in [-0.2, -0.15) is 12.6 Å². The molecule has 0 aliphatic rings. The van der Waals surface area contributed by atoms with Crippen molar-refractivity contribution in [1.82, 2.24) is 15.0 Å². The number of aromatic nitrogens is 3. The summed E-state index contributed by atoms with van der Waals surface area (Å²) < 4.78 is 1.78. The van der Waals surface area contributed by atoms with Crippen LogP contribution in [0.4, 0.5) is 5.69 Å². The lowest BCUT2D eigenvalue weighted by atomic mass is 10.1. The number of thiol groups is 1. The van der Waals surface area contributed by atoms with Crippen LogP contribution in [0.15, 0.2) is 30.5 Å². The van der Waals surface area contributed by atoms with Gasteiger partial charge >= 0.3 is 0 Å². The molecule has 0 atom stereocenters. The van der Waals surface area contributed by atoms with E-state index in [1.165, 1.54) is 57.4 Å². The summed E-state index contributed by atoms with van der Waals surface area (Å²) >= 11 is 4.23. The van der Waals surface area contributed by atoms with Gasteiger partial charge in [0.05, 0.1) is 16.7 Å². The second kappa shape index (κ2) is 11.7. The van der Waals surface area contributed by atoms with E-state index in [2.05, 4.69) is 22.9 Å². The highest BCUT2D eigenvalue weighted by atomic mass is 32.1. The molecule has 142 valence electrons. The molecule has 1 heterocycles. The fourth-order valence-electron chi connectivity index (χ4n) is 3.00. The minimum Gasteiger partial charge on any atom is -0.258 e.